The Morgan fingerprint density at radius 3 is 1.89 bits per heavy atom. The maximum Gasteiger partial charge on any atom is 0.410 e. The van der Waals surface area contributed by atoms with E-state index in [-0.39, 0.29) is 12.0 Å². The Balaban J connectivity index is 1.37. The van der Waals surface area contributed by atoms with Crippen LogP contribution < -0.4 is 0 Å². The average Bonchev–Trinajstić information content (AvgIpc) is 2.92. The Morgan fingerprint density at radius 1 is 0.800 bits per heavy atom. The second-order valence-electron chi connectivity index (χ2n) is 9.25. The zero-order valence-electron chi connectivity index (χ0n) is 20.4. The minimum atomic E-state index is -0.727. The van der Waals surface area contributed by atoms with Gasteiger partial charge in [0.2, 0.25) is 5.91 Å². The van der Waals surface area contributed by atoms with Gasteiger partial charge in [-0.15, -0.1) is 0 Å². The lowest BCUT2D eigenvalue weighted by Gasteiger charge is -2.42. The number of likely N-dealkylation sites (tertiary alicyclic amines) is 1. The summed E-state index contributed by atoms with van der Waals surface area (Å²) in [6.45, 7) is 1.73. The number of carbonyl (C=O) groups excluding carboxylic acids is 2. The van der Waals surface area contributed by atoms with E-state index in [0.29, 0.717) is 38.9 Å². The van der Waals surface area contributed by atoms with Crippen LogP contribution >= 0.6 is 0 Å². The molecule has 0 radical (unpaired) electrons. The summed E-state index contributed by atoms with van der Waals surface area (Å²) in [5.74, 6) is 0.154. The SMILES string of the molecule is CN(CCc1ccccc1)C(=O)OC1(c2ccccc2)CCN(C(=O)CCc2ccccc2)CC1. The van der Waals surface area contributed by atoms with Crippen molar-refractivity contribution in [2.24, 2.45) is 0 Å². The first-order valence-corrected chi connectivity index (χ1v) is 12.4. The number of benzene rings is 3. The molecule has 0 N–H and O–H groups in total. The highest BCUT2D eigenvalue weighted by atomic mass is 16.6. The van der Waals surface area contributed by atoms with Crippen molar-refractivity contribution in [3.05, 3.63) is 108 Å². The molecule has 0 aromatic heterocycles. The van der Waals surface area contributed by atoms with Crippen LogP contribution in [-0.2, 0) is 28.0 Å². The molecule has 2 amide bonds. The van der Waals surface area contributed by atoms with Crippen LogP contribution in [0.15, 0.2) is 91.0 Å². The molecule has 0 spiro atoms. The Hall–Kier alpha value is -3.60. The van der Waals surface area contributed by atoms with Crippen molar-refractivity contribution in [1.82, 2.24) is 9.80 Å². The van der Waals surface area contributed by atoms with Gasteiger partial charge in [-0.2, -0.15) is 0 Å². The summed E-state index contributed by atoms with van der Waals surface area (Å²) in [7, 11) is 1.78. The number of amides is 2. The molecule has 0 saturated carbocycles. The van der Waals surface area contributed by atoms with Crippen molar-refractivity contribution >= 4 is 12.0 Å². The molecule has 3 aromatic carbocycles. The number of likely N-dealkylation sites (N-methyl/N-ethyl adjacent to an activating group) is 1. The second kappa shape index (κ2) is 11.7. The van der Waals surface area contributed by atoms with Gasteiger partial charge in [0, 0.05) is 45.9 Å². The third-order valence-electron chi connectivity index (χ3n) is 6.87. The summed E-state index contributed by atoms with van der Waals surface area (Å²) in [6, 6.07) is 30.2. The highest BCUT2D eigenvalue weighted by Gasteiger charge is 2.41. The van der Waals surface area contributed by atoms with Gasteiger partial charge < -0.3 is 14.5 Å². The molecule has 5 nitrogen and oxygen atoms in total. The molecule has 4 rings (SSSR count). The monoisotopic (exact) mass is 470 g/mol. The van der Waals surface area contributed by atoms with Crippen LogP contribution in [0, 0.1) is 0 Å². The maximum absolute atomic E-state index is 13.1. The van der Waals surface area contributed by atoms with Crippen LogP contribution in [0.4, 0.5) is 4.79 Å². The van der Waals surface area contributed by atoms with E-state index in [1.807, 2.05) is 71.6 Å². The van der Waals surface area contributed by atoms with Crippen LogP contribution in [0.1, 0.15) is 36.0 Å². The Kier molecular flexibility index (Phi) is 8.19. The van der Waals surface area contributed by atoms with E-state index in [1.165, 1.54) is 11.1 Å². The lowest BCUT2D eigenvalue weighted by Crippen LogP contribution is -2.48. The number of hydrogen-bond acceptors (Lipinski definition) is 3. The highest BCUT2D eigenvalue weighted by Crippen LogP contribution is 2.37. The number of aryl methyl sites for hydroxylation is 1. The van der Waals surface area contributed by atoms with Gasteiger partial charge in [-0.3, -0.25) is 4.79 Å². The molecule has 0 aliphatic carbocycles. The van der Waals surface area contributed by atoms with E-state index in [0.717, 1.165) is 18.4 Å². The zero-order valence-corrected chi connectivity index (χ0v) is 20.4. The number of ether oxygens (including phenoxy) is 1. The number of piperidine rings is 1. The molecule has 1 heterocycles. The van der Waals surface area contributed by atoms with Gasteiger partial charge >= 0.3 is 6.09 Å². The molecular weight excluding hydrogens is 436 g/mol. The minimum absolute atomic E-state index is 0.154. The topological polar surface area (TPSA) is 49.9 Å². The molecule has 5 heteroatoms. The van der Waals surface area contributed by atoms with Gasteiger partial charge in [0.15, 0.2) is 0 Å². The summed E-state index contributed by atoms with van der Waals surface area (Å²) in [4.78, 5) is 29.5. The first-order chi connectivity index (χ1) is 17.1. The molecule has 0 bridgehead atoms. The van der Waals surface area contributed by atoms with Crippen LogP contribution in [0.25, 0.3) is 0 Å². The quantitative estimate of drug-likeness (QED) is 0.440. The zero-order chi connectivity index (χ0) is 24.5. The van der Waals surface area contributed by atoms with Crippen molar-refractivity contribution in [3.63, 3.8) is 0 Å². The Labute approximate surface area is 208 Å². The fourth-order valence-electron chi connectivity index (χ4n) is 4.64. The normalized spacial score (nSPS) is 14.8. The number of carbonyl (C=O) groups is 2. The first-order valence-electron chi connectivity index (χ1n) is 12.4. The summed E-state index contributed by atoms with van der Waals surface area (Å²) >= 11 is 0. The van der Waals surface area contributed by atoms with Crippen molar-refractivity contribution in [2.75, 3.05) is 26.7 Å². The van der Waals surface area contributed by atoms with Crippen molar-refractivity contribution < 1.29 is 14.3 Å². The highest BCUT2D eigenvalue weighted by molar-refractivity contribution is 5.76. The van der Waals surface area contributed by atoms with E-state index in [9.17, 15) is 9.59 Å². The third-order valence-corrected chi connectivity index (χ3v) is 6.87. The average molecular weight is 471 g/mol. The van der Waals surface area contributed by atoms with Gasteiger partial charge in [-0.05, 0) is 29.5 Å². The third kappa shape index (κ3) is 6.50. The predicted octanol–water partition coefficient (Wildman–Crippen LogP) is 5.45. The largest absolute Gasteiger partial charge is 0.438 e. The fraction of sp³-hybridized carbons (Fsp3) is 0.333. The molecule has 1 fully saturated rings. The number of rotatable bonds is 8. The number of hydrogen-bond donors (Lipinski definition) is 0. The van der Waals surface area contributed by atoms with E-state index in [2.05, 4.69) is 24.3 Å². The lowest BCUT2D eigenvalue weighted by atomic mass is 9.84. The van der Waals surface area contributed by atoms with Gasteiger partial charge in [-0.25, -0.2) is 4.79 Å². The summed E-state index contributed by atoms with van der Waals surface area (Å²) < 4.78 is 6.22. The molecule has 1 saturated heterocycles. The smallest absolute Gasteiger partial charge is 0.410 e. The molecule has 1 aliphatic rings. The predicted molar refractivity (Wildman–Crippen MR) is 138 cm³/mol. The molecule has 3 aromatic rings. The molecule has 0 atom stereocenters. The van der Waals surface area contributed by atoms with Crippen LogP contribution in [0.3, 0.4) is 0 Å². The van der Waals surface area contributed by atoms with E-state index in [1.54, 1.807) is 11.9 Å². The Bertz CT molecular complexity index is 1080. The standard InChI is InChI=1S/C30H34N2O3/c1-31(22-19-26-13-7-3-8-14-26)29(34)35-30(27-15-9-4-10-16-27)20-23-32(24-21-30)28(33)18-17-25-11-5-2-6-12-25/h2-16H,17-24H2,1H3. The van der Waals surface area contributed by atoms with E-state index >= 15 is 0 Å². The summed E-state index contributed by atoms with van der Waals surface area (Å²) in [5.41, 5.74) is 2.62. The Morgan fingerprint density at radius 2 is 1.31 bits per heavy atom. The van der Waals surface area contributed by atoms with Gasteiger partial charge in [0.05, 0.1) is 0 Å². The van der Waals surface area contributed by atoms with Gasteiger partial charge in [0.1, 0.15) is 5.60 Å². The van der Waals surface area contributed by atoms with Crippen LogP contribution in [0.2, 0.25) is 0 Å². The molecular formula is C30H34N2O3. The van der Waals surface area contributed by atoms with Crippen LogP contribution in [0.5, 0.6) is 0 Å². The van der Waals surface area contributed by atoms with Crippen molar-refractivity contribution in [3.8, 4) is 0 Å². The second-order valence-corrected chi connectivity index (χ2v) is 9.25. The summed E-state index contributed by atoms with van der Waals surface area (Å²) in [5, 5.41) is 0. The fourth-order valence-corrected chi connectivity index (χ4v) is 4.64. The molecule has 35 heavy (non-hydrogen) atoms. The maximum atomic E-state index is 13.1. The van der Waals surface area contributed by atoms with Gasteiger partial charge in [-0.1, -0.05) is 91.0 Å². The number of nitrogens with zero attached hydrogens (tertiary/aromatic N) is 2. The van der Waals surface area contributed by atoms with Gasteiger partial charge in [0.25, 0.3) is 0 Å². The van der Waals surface area contributed by atoms with Crippen LogP contribution in [-0.4, -0.2) is 48.5 Å². The lowest BCUT2D eigenvalue weighted by molar-refractivity contribution is -0.136. The molecule has 182 valence electrons. The van der Waals surface area contributed by atoms with E-state index < -0.39 is 5.60 Å². The van der Waals surface area contributed by atoms with Crippen molar-refractivity contribution in [2.45, 2.75) is 37.7 Å². The van der Waals surface area contributed by atoms with Crippen molar-refractivity contribution in [1.29, 1.82) is 0 Å². The molecule has 1 aliphatic heterocycles. The van der Waals surface area contributed by atoms with E-state index in [4.69, 9.17) is 4.74 Å². The molecule has 0 unspecified atom stereocenters. The summed E-state index contributed by atoms with van der Waals surface area (Å²) in [6.07, 6.45) is 2.85. The first kappa shape index (κ1) is 24.5. The minimum Gasteiger partial charge on any atom is -0.438 e.